The fourth-order valence-electron chi connectivity index (χ4n) is 2.36. The van der Waals surface area contributed by atoms with Crippen LogP contribution < -0.4 is 10.2 Å². The van der Waals surface area contributed by atoms with E-state index in [0.29, 0.717) is 11.8 Å². The Morgan fingerprint density at radius 2 is 2.11 bits per heavy atom. The number of nitrogens with one attached hydrogen (secondary N) is 1. The van der Waals surface area contributed by atoms with Gasteiger partial charge in [-0.3, -0.25) is 0 Å². The molecule has 1 aliphatic rings. The van der Waals surface area contributed by atoms with Gasteiger partial charge in [0.25, 0.3) is 0 Å². The Morgan fingerprint density at radius 3 is 2.78 bits per heavy atom. The minimum Gasteiger partial charge on any atom is -0.339 e. The molecule has 0 aliphatic carbocycles. The maximum atomic E-state index is 4.52. The van der Waals surface area contributed by atoms with Crippen molar-refractivity contribution in [3.05, 3.63) is 18.0 Å². The van der Waals surface area contributed by atoms with Crippen molar-refractivity contribution in [2.45, 2.75) is 27.2 Å². The van der Waals surface area contributed by atoms with Crippen LogP contribution in [0, 0.1) is 11.8 Å². The van der Waals surface area contributed by atoms with Crippen LogP contribution in [0.2, 0.25) is 0 Å². The first-order valence-corrected chi connectivity index (χ1v) is 6.91. The van der Waals surface area contributed by atoms with Crippen molar-refractivity contribution >= 4 is 5.95 Å². The van der Waals surface area contributed by atoms with Crippen LogP contribution in [0.15, 0.2) is 12.4 Å². The molecule has 100 valence electrons. The summed E-state index contributed by atoms with van der Waals surface area (Å²) in [5.74, 6) is 2.17. The Morgan fingerprint density at radius 1 is 1.39 bits per heavy atom. The van der Waals surface area contributed by atoms with Crippen molar-refractivity contribution in [3.8, 4) is 0 Å². The van der Waals surface area contributed by atoms with E-state index in [0.717, 1.165) is 38.5 Å². The Balaban J connectivity index is 2.03. The summed E-state index contributed by atoms with van der Waals surface area (Å²) in [5, 5.41) is 3.44. The molecule has 0 radical (unpaired) electrons. The Hall–Kier alpha value is -1.16. The van der Waals surface area contributed by atoms with Crippen LogP contribution in [0.4, 0.5) is 5.95 Å². The molecule has 0 bridgehead atoms. The van der Waals surface area contributed by atoms with Gasteiger partial charge in [0.05, 0.1) is 0 Å². The van der Waals surface area contributed by atoms with E-state index in [1.54, 1.807) is 0 Å². The highest BCUT2D eigenvalue weighted by Gasteiger charge is 2.16. The highest BCUT2D eigenvalue weighted by molar-refractivity contribution is 5.30. The van der Waals surface area contributed by atoms with Crippen LogP contribution in [-0.4, -0.2) is 36.1 Å². The monoisotopic (exact) mass is 248 g/mol. The lowest BCUT2D eigenvalue weighted by molar-refractivity contribution is 0.561. The lowest BCUT2D eigenvalue weighted by atomic mass is 10.1. The van der Waals surface area contributed by atoms with Gasteiger partial charge in [0.2, 0.25) is 5.95 Å². The molecule has 2 heterocycles. The molecule has 4 nitrogen and oxygen atoms in total. The number of anilines is 1. The average molecular weight is 248 g/mol. The van der Waals surface area contributed by atoms with E-state index < -0.39 is 0 Å². The summed E-state index contributed by atoms with van der Waals surface area (Å²) in [6.07, 6.45) is 5.01. The highest BCUT2D eigenvalue weighted by Crippen LogP contribution is 2.13. The van der Waals surface area contributed by atoms with Gasteiger partial charge in [-0.15, -0.1) is 0 Å². The number of rotatable bonds is 3. The van der Waals surface area contributed by atoms with E-state index in [-0.39, 0.29) is 0 Å². The van der Waals surface area contributed by atoms with Gasteiger partial charge in [-0.25, -0.2) is 9.97 Å². The lowest BCUT2D eigenvalue weighted by Gasteiger charge is -2.22. The van der Waals surface area contributed by atoms with Crippen LogP contribution in [-0.2, 0) is 6.42 Å². The van der Waals surface area contributed by atoms with E-state index in [9.17, 15) is 0 Å². The van der Waals surface area contributed by atoms with Crippen molar-refractivity contribution in [1.82, 2.24) is 15.3 Å². The van der Waals surface area contributed by atoms with Gasteiger partial charge in [0.1, 0.15) is 0 Å². The van der Waals surface area contributed by atoms with Gasteiger partial charge in [0, 0.05) is 32.0 Å². The van der Waals surface area contributed by atoms with Crippen LogP contribution >= 0.6 is 0 Å². The van der Waals surface area contributed by atoms with Crippen LogP contribution in [0.5, 0.6) is 0 Å². The molecule has 0 spiro atoms. The number of hydrogen-bond donors (Lipinski definition) is 1. The number of aromatic nitrogens is 2. The fraction of sp³-hybridized carbons (Fsp3) is 0.714. The third-order valence-corrected chi connectivity index (χ3v) is 3.20. The van der Waals surface area contributed by atoms with Crippen molar-refractivity contribution < 1.29 is 0 Å². The largest absolute Gasteiger partial charge is 0.339 e. The van der Waals surface area contributed by atoms with Gasteiger partial charge >= 0.3 is 0 Å². The summed E-state index contributed by atoms with van der Waals surface area (Å²) in [6.45, 7) is 10.8. The lowest BCUT2D eigenvalue weighted by Crippen LogP contribution is -2.30. The SMILES string of the molecule is CC(C)Cc1cnc(N2CCNCC(C)C2)nc1. The third-order valence-electron chi connectivity index (χ3n) is 3.20. The number of hydrogen-bond acceptors (Lipinski definition) is 4. The first-order valence-electron chi connectivity index (χ1n) is 6.91. The smallest absolute Gasteiger partial charge is 0.225 e. The molecule has 18 heavy (non-hydrogen) atoms. The molecule has 2 rings (SSSR count). The molecule has 4 heteroatoms. The zero-order valence-corrected chi connectivity index (χ0v) is 11.7. The molecular formula is C14H24N4. The van der Waals surface area contributed by atoms with Crippen LogP contribution in [0.1, 0.15) is 26.3 Å². The van der Waals surface area contributed by atoms with Crippen LogP contribution in [0.3, 0.4) is 0 Å². The minimum absolute atomic E-state index is 0.645. The summed E-state index contributed by atoms with van der Waals surface area (Å²) in [7, 11) is 0. The highest BCUT2D eigenvalue weighted by atomic mass is 15.3. The van der Waals surface area contributed by atoms with Gasteiger partial charge in [-0.1, -0.05) is 20.8 Å². The summed E-state index contributed by atoms with van der Waals surface area (Å²) in [4.78, 5) is 11.3. The quantitative estimate of drug-likeness (QED) is 0.884. The van der Waals surface area contributed by atoms with Gasteiger partial charge in [0.15, 0.2) is 0 Å². The summed E-state index contributed by atoms with van der Waals surface area (Å²) < 4.78 is 0. The molecule has 1 atom stereocenters. The standard InChI is InChI=1S/C14H24N4/c1-11(2)6-13-8-16-14(17-9-13)18-5-4-15-7-12(3)10-18/h8-9,11-12,15H,4-7,10H2,1-3H3. The maximum absolute atomic E-state index is 4.52. The maximum Gasteiger partial charge on any atom is 0.225 e. The topological polar surface area (TPSA) is 41.1 Å². The Kier molecular flexibility index (Phi) is 4.53. The summed E-state index contributed by atoms with van der Waals surface area (Å²) in [6, 6.07) is 0. The first-order chi connectivity index (χ1) is 8.65. The molecule has 1 saturated heterocycles. The second-order valence-electron chi connectivity index (χ2n) is 5.74. The van der Waals surface area contributed by atoms with Crippen molar-refractivity contribution in [2.24, 2.45) is 11.8 Å². The molecule has 0 aromatic carbocycles. The zero-order chi connectivity index (χ0) is 13.0. The van der Waals surface area contributed by atoms with E-state index in [4.69, 9.17) is 0 Å². The van der Waals surface area contributed by atoms with Gasteiger partial charge in [-0.05, 0) is 30.4 Å². The molecule has 1 aliphatic heterocycles. The fourth-order valence-corrected chi connectivity index (χ4v) is 2.36. The van der Waals surface area contributed by atoms with Crippen LogP contribution in [0.25, 0.3) is 0 Å². The van der Waals surface area contributed by atoms with Gasteiger partial charge < -0.3 is 10.2 Å². The minimum atomic E-state index is 0.645. The normalized spacial score (nSPS) is 21.1. The number of nitrogens with zero attached hydrogens (tertiary/aromatic N) is 3. The third kappa shape index (κ3) is 3.67. The predicted molar refractivity (Wildman–Crippen MR) is 74.8 cm³/mol. The molecule has 1 N–H and O–H groups in total. The van der Waals surface area contributed by atoms with E-state index in [1.165, 1.54) is 5.56 Å². The zero-order valence-electron chi connectivity index (χ0n) is 11.7. The summed E-state index contributed by atoms with van der Waals surface area (Å²) in [5.41, 5.74) is 1.23. The van der Waals surface area contributed by atoms with Crippen molar-refractivity contribution in [2.75, 3.05) is 31.1 Å². The molecule has 0 amide bonds. The van der Waals surface area contributed by atoms with E-state index >= 15 is 0 Å². The molecule has 1 aromatic heterocycles. The molecule has 1 aromatic rings. The molecule has 0 saturated carbocycles. The van der Waals surface area contributed by atoms with Crippen molar-refractivity contribution in [3.63, 3.8) is 0 Å². The Labute approximate surface area is 110 Å². The van der Waals surface area contributed by atoms with Crippen molar-refractivity contribution in [1.29, 1.82) is 0 Å². The second kappa shape index (κ2) is 6.14. The predicted octanol–water partition coefficient (Wildman–Crippen LogP) is 1.72. The molecule has 1 fully saturated rings. The molecule has 1 unspecified atom stereocenters. The average Bonchev–Trinajstić information content (AvgIpc) is 2.54. The van der Waals surface area contributed by atoms with E-state index in [1.807, 2.05) is 12.4 Å². The molecular weight excluding hydrogens is 224 g/mol. The Bertz CT molecular complexity index is 361. The van der Waals surface area contributed by atoms with E-state index in [2.05, 4.69) is 41.0 Å². The second-order valence-corrected chi connectivity index (χ2v) is 5.74. The first kappa shape index (κ1) is 13.3. The van der Waals surface area contributed by atoms with Gasteiger partial charge in [-0.2, -0.15) is 0 Å². The summed E-state index contributed by atoms with van der Waals surface area (Å²) >= 11 is 0.